The minimum atomic E-state index is 0.0568. The molecular formula is C18H21ClN2O2. The first-order chi connectivity index (χ1) is 11.1. The zero-order valence-electron chi connectivity index (χ0n) is 13.5. The number of piperazine rings is 1. The summed E-state index contributed by atoms with van der Waals surface area (Å²) in [5.74, 6) is 0.739. The molecule has 0 bridgehead atoms. The average Bonchev–Trinajstić information content (AvgIpc) is 3.00. The molecule has 1 atom stereocenters. The molecule has 2 heterocycles. The van der Waals surface area contributed by atoms with E-state index < -0.39 is 0 Å². The van der Waals surface area contributed by atoms with E-state index in [-0.39, 0.29) is 11.9 Å². The van der Waals surface area contributed by atoms with Gasteiger partial charge in [0.25, 0.3) is 5.91 Å². The van der Waals surface area contributed by atoms with Crippen LogP contribution in [0.2, 0.25) is 5.02 Å². The smallest absolute Gasteiger partial charge is 0.257 e. The number of rotatable bonds is 3. The highest BCUT2D eigenvalue weighted by Crippen LogP contribution is 2.28. The maximum absolute atomic E-state index is 12.5. The first kappa shape index (κ1) is 16.1. The van der Waals surface area contributed by atoms with Crippen molar-refractivity contribution in [1.29, 1.82) is 0 Å². The molecule has 0 saturated carbocycles. The highest BCUT2D eigenvalue weighted by molar-refractivity contribution is 6.31. The van der Waals surface area contributed by atoms with Gasteiger partial charge in [0.05, 0.1) is 11.8 Å². The van der Waals surface area contributed by atoms with E-state index in [9.17, 15) is 4.79 Å². The lowest BCUT2D eigenvalue weighted by molar-refractivity contribution is 0.0580. The molecular weight excluding hydrogens is 312 g/mol. The van der Waals surface area contributed by atoms with Crippen molar-refractivity contribution < 1.29 is 9.21 Å². The van der Waals surface area contributed by atoms with Crippen molar-refractivity contribution in [3.8, 4) is 0 Å². The van der Waals surface area contributed by atoms with E-state index in [1.54, 1.807) is 12.3 Å². The molecule has 1 aliphatic rings. The molecule has 0 N–H and O–H groups in total. The van der Waals surface area contributed by atoms with E-state index in [4.69, 9.17) is 16.0 Å². The topological polar surface area (TPSA) is 36.7 Å². The second-order valence-electron chi connectivity index (χ2n) is 5.92. The lowest BCUT2D eigenvalue weighted by Gasteiger charge is -2.38. The summed E-state index contributed by atoms with van der Waals surface area (Å²) in [6.07, 6.45) is 1.57. The van der Waals surface area contributed by atoms with E-state index in [2.05, 4.69) is 17.9 Å². The highest BCUT2D eigenvalue weighted by Gasteiger charge is 2.27. The molecule has 0 spiro atoms. The Balaban J connectivity index is 1.63. The maximum atomic E-state index is 12.5. The normalized spacial score (nSPS) is 17.3. The van der Waals surface area contributed by atoms with Gasteiger partial charge in [-0.2, -0.15) is 0 Å². The van der Waals surface area contributed by atoms with Crippen LogP contribution in [0, 0.1) is 6.92 Å². The molecule has 1 saturated heterocycles. The van der Waals surface area contributed by atoms with Gasteiger partial charge in [-0.3, -0.25) is 9.69 Å². The summed E-state index contributed by atoms with van der Waals surface area (Å²) in [5.41, 5.74) is 1.80. The number of amides is 1. The number of carbonyl (C=O) groups excluding carboxylic acids is 1. The van der Waals surface area contributed by atoms with Gasteiger partial charge in [-0.25, -0.2) is 0 Å². The molecule has 2 aromatic rings. The Labute approximate surface area is 141 Å². The van der Waals surface area contributed by atoms with Gasteiger partial charge in [0, 0.05) is 37.2 Å². The maximum Gasteiger partial charge on any atom is 0.257 e. The Hall–Kier alpha value is -1.78. The lowest BCUT2D eigenvalue weighted by atomic mass is 10.1. The standard InChI is InChI=1S/C18H21ClN2O2/c1-13(15-5-3-4-6-17(15)19)20-8-10-21(11-9-20)18(22)16-7-12-23-14(16)2/h3-7,12-13H,8-11H2,1-2H3. The van der Waals surface area contributed by atoms with Gasteiger partial charge in [-0.1, -0.05) is 29.8 Å². The first-order valence-corrected chi connectivity index (χ1v) is 8.27. The van der Waals surface area contributed by atoms with E-state index in [1.807, 2.05) is 30.0 Å². The van der Waals surface area contributed by atoms with Crippen LogP contribution in [0.15, 0.2) is 41.0 Å². The number of hydrogen-bond acceptors (Lipinski definition) is 3. The molecule has 1 amide bonds. The fraction of sp³-hybridized carbons (Fsp3) is 0.389. The van der Waals surface area contributed by atoms with E-state index in [0.717, 1.165) is 36.8 Å². The second kappa shape index (κ2) is 6.77. The van der Waals surface area contributed by atoms with E-state index in [1.165, 1.54) is 0 Å². The molecule has 23 heavy (non-hydrogen) atoms. The van der Waals surface area contributed by atoms with E-state index in [0.29, 0.717) is 11.3 Å². The summed E-state index contributed by atoms with van der Waals surface area (Å²) in [6.45, 7) is 7.11. The van der Waals surface area contributed by atoms with Crippen molar-refractivity contribution in [1.82, 2.24) is 9.80 Å². The summed E-state index contributed by atoms with van der Waals surface area (Å²) >= 11 is 6.30. The fourth-order valence-electron chi connectivity index (χ4n) is 3.10. The number of halogens is 1. The summed E-state index contributed by atoms with van der Waals surface area (Å²) in [6, 6.07) is 9.95. The zero-order valence-corrected chi connectivity index (χ0v) is 14.2. The van der Waals surface area contributed by atoms with Crippen LogP contribution in [0.5, 0.6) is 0 Å². The average molecular weight is 333 g/mol. The monoisotopic (exact) mass is 332 g/mol. The van der Waals surface area contributed by atoms with Gasteiger partial charge in [-0.15, -0.1) is 0 Å². The first-order valence-electron chi connectivity index (χ1n) is 7.90. The minimum Gasteiger partial charge on any atom is -0.469 e. The molecule has 1 aromatic carbocycles. The van der Waals surface area contributed by atoms with Gasteiger partial charge in [0.2, 0.25) is 0 Å². The van der Waals surface area contributed by atoms with Crippen LogP contribution in [0.4, 0.5) is 0 Å². The van der Waals surface area contributed by atoms with Crippen molar-refractivity contribution in [3.05, 3.63) is 58.5 Å². The second-order valence-corrected chi connectivity index (χ2v) is 6.32. The van der Waals surface area contributed by atoms with Crippen molar-refractivity contribution in [2.75, 3.05) is 26.2 Å². The SMILES string of the molecule is Cc1occc1C(=O)N1CCN(C(C)c2ccccc2Cl)CC1. The third-order valence-electron chi connectivity index (χ3n) is 4.59. The molecule has 5 heteroatoms. The van der Waals surface area contributed by atoms with Crippen LogP contribution in [0.25, 0.3) is 0 Å². The van der Waals surface area contributed by atoms with E-state index >= 15 is 0 Å². The van der Waals surface area contributed by atoms with Crippen LogP contribution in [-0.2, 0) is 0 Å². The minimum absolute atomic E-state index is 0.0568. The van der Waals surface area contributed by atoms with Crippen LogP contribution in [0.1, 0.15) is 34.6 Å². The Morgan fingerprint density at radius 3 is 2.48 bits per heavy atom. The highest BCUT2D eigenvalue weighted by atomic mass is 35.5. The Kier molecular flexibility index (Phi) is 4.74. The lowest BCUT2D eigenvalue weighted by Crippen LogP contribution is -2.49. The van der Waals surface area contributed by atoms with Crippen molar-refractivity contribution in [2.45, 2.75) is 19.9 Å². The van der Waals surface area contributed by atoms with Crippen LogP contribution in [0.3, 0.4) is 0 Å². The summed E-state index contributed by atoms with van der Waals surface area (Å²) < 4.78 is 5.23. The quantitative estimate of drug-likeness (QED) is 0.858. The Bertz CT molecular complexity index is 690. The largest absolute Gasteiger partial charge is 0.469 e. The molecule has 0 aliphatic carbocycles. The number of hydrogen-bond donors (Lipinski definition) is 0. The predicted octanol–water partition coefficient (Wildman–Crippen LogP) is 3.76. The number of carbonyl (C=O) groups is 1. The molecule has 3 rings (SSSR count). The summed E-state index contributed by atoms with van der Waals surface area (Å²) in [4.78, 5) is 16.8. The fourth-order valence-corrected chi connectivity index (χ4v) is 3.39. The van der Waals surface area contributed by atoms with Crippen LogP contribution in [-0.4, -0.2) is 41.9 Å². The number of aryl methyl sites for hydroxylation is 1. The molecule has 1 unspecified atom stereocenters. The number of nitrogens with zero attached hydrogens (tertiary/aromatic N) is 2. The molecule has 1 aliphatic heterocycles. The van der Waals surface area contributed by atoms with Gasteiger partial charge >= 0.3 is 0 Å². The predicted molar refractivity (Wildman–Crippen MR) is 90.8 cm³/mol. The summed E-state index contributed by atoms with van der Waals surface area (Å²) in [7, 11) is 0. The molecule has 1 fully saturated rings. The number of furan rings is 1. The van der Waals surface area contributed by atoms with Gasteiger partial charge in [0.15, 0.2) is 0 Å². The number of benzene rings is 1. The molecule has 4 nitrogen and oxygen atoms in total. The van der Waals surface area contributed by atoms with Crippen molar-refractivity contribution in [3.63, 3.8) is 0 Å². The zero-order chi connectivity index (χ0) is 16.4. The van der Waals surface area contributed by atoms with Crippen LogP contribution >= 0.6 is 11.6 Å². The van der Waals surface area contributed by atoms with Crippen molar-refractivity contribution >= 4 is 17.5 Å². The molecule has 122 valence electrons. The third kappa shape index (κ3) is 3.28. The Morgan fingerprint density at radius 2 is 1.87 bits per heavy atom. The third-order valence-corrected chi connectivity index (χ3v) is 4.94. The molecule has 0 radical (unpaired) electrons. The van der Waals surface area contributed by atoms with Gasteiger partial charge in [-0.05, 0) is 31.5 Å². The summed E-state index contributed by atoms with van der Waals surface area (Å²) in [5, 5.41) is 0.799. The van der Waals surface area contributed by atoms with Gasteiger partial charge in [0.1, 0.15) is 5.76 Å². The Morgan fingerprint density at radius 1 is 1.17 bits per heavy atom. The molecule has 1 aromatic heterocycles. The van der Waals surface area contributed by atoms with Gasteiger partial charge < -0.3 is 9.32 Å². The van der Waals surface area contributed by atoms with Crippen LogP contribution < -0.4 is 0 Å². The van der Waals surface area contributed by atoms with Crippen molar-refractivity contribution in [2.24, 2.45) is 0 Å².